The molecular formula is C18H27N5O3. The number of carbonyl (C=O) groups is 3. The van der Waals surface area contributed by atoms with Gasteiger partial charge in [-0.2, -0.15) is 0 Å². The van der Waals surface area contributed by atoms with Crippen LogP contribution in [-0.4, -0.2) is 81.7 Å². The van der Waals surface area contributed by atoms with E-state index in [2.05, 4.69) is 4.98 Å². The first-order valence-corrected chi connectivity index (χ1v) is 9.20. The second-order valence-electron chi connectivity index (χ2n) is 7.39. The van der Waals surface area contributed by atoms with E-state index in [9.17, 15) is 14.4 Å². The molecular weight excluding hydrogens is 334 g/mol. The average Bonchev–Trinajstić information content (AvgIpc) is 2.97. The quantitative estimate of drug-likeness (QED) is 0.725. The number of rotatable bonds is 6. The van der Waals surface area contributed by atoms with Crippen LogP contribution in [0.3, 0.4) is 0 Å². The number of likely N-dealkylation sites (N-methyl/N-ethyl adjacent to an activating group) is 1. The van der Waals surface area contributed by atoms with E-state index in [1.54, 1.807) is 31.5 Å². The molecule has 3 fully saturated rings. The molecule has 3 aliphatic heterocycles. The van der Waals surface area contributed by atoms with Crippen LogP contribution in [0, 0.1) is 5.92 Å². The van der Waals surface area contributed by atoms with E-state index in [-0.39, 0.29) is 36.2 Å². The molecule has 3 amide bonds. The molecule has 1 aromatic heterocycles. The van der Waals surface area contributed by atoms with Crippen LogP contribution in [0.15, 0.2) is 18.7 Å². The Morgan fingerprint density at radius 2 is 2.08 bits per heavy atom. The predicted octanol–water partition coefficient (Wildman–Crippen LogP) is 0.201. The zero-order valence-corrected chi connectivity index (χ0v) is 15.5. The van der Waals surface area contributed by atoms with Gasteiger partial charge in [-0.1, -0.05) is 0 Å². The number of hydrogen-bond acceptors (Lipinski definition) is 4. The summed E-state index contributed by atoms with van der Waals surface area (Å²) in [7, 11) is 3.39. The number of nitrogens with zero attached hydrogens (tertiary/aromatic N) is 5. The van der Waals surface area contributed by atoms with Crippen LogP contribution < -0.4 is 0 Å². The molecule has 0 N–H and O–H groups in total. The normalized spacial score (nSPS) is 22.5. The third-order valence-corrected chi connectivity index (χ3v) is 5.32. The molecule has 2 bridgehead atoms. The monoisotopic (exact) mass is 361 g/mol. The number of carbonyl (C=O) groups excluding carboxylic acids is 3. The fourth-order valence-electron chi connectivity index (χ4n) is 3.73. The van der Waals surface area contributed by atoms with Gasteiger partial charge in [-0.05, 0) is 19.3 Å². The molecule has 2 atom stereocenters. The summed E-state index contributed by atoms with van der Waals surface area (Å²) in [6.45, 7) is 1.88. The van der Waals surface area contributed by atoms with Gasteiger partial charge in [0.15, 0.2) is 0 Å². The fourth-order valence-corrected chi connectivity index (χ4v) is 3.73. The summed E-state index contributed by atoms with van der Waals surface area (Å²) in [5.41, 5.74) is 0. The summed E-state index contributed by atoms with van der Waals surface area (Å²) in [6, 6.07) is -0.0530. The van der Waals surface area contributed by atoms with Crippen molar-refractivity contribution in [1.82, 2.24) is 24.3 Å². The van der Waals surface area contributed by atoms with Gasteiger partial charge >= 0.3 is 0 Å². The Morgan fingerprint density at radius 3 is 2.77 bits per heavy atom. The lowest BCUT2D eigenvalue weighted by atomic mass is 9.94. The van der Waals surface area contributed by atoms with Crippen LogP contribution in [0.25, 0.3) is 0 Å². The lowest BCUT2D eigenvalue weighted by Crippen LogP contribution is -2.51. The van der Waals surface area contributed by atoms with E-state index in [4.69, 9.17) is 0 Å². The topological polar surface area (TPSA) is 78.8 Å². The lowest BCUT2D eigenvalue weighted by Gasteiger charge is -2.35. The summed E-state index contributed by atoms with van der Waals surface area (Å²) in [5, 5.41) is 0. The highest BCUT2D eigenvalue weighted by atomic mass is 16.2. The minimum absolute atomic E-state index is 0.0187. The number of aromatic nitrogens is 2. The minimum Gasteiger partial charge on any atom is -0.347 e. The average molecular weight is 361 g/mol. The molecule has 3 aliphatic rings. The van der Waals surface area contributed by atoms with Gasteiger partial charge in [0, 0.05) is 58.6 Å². The van der Waals surface area contributed by atoms with Crippen LogP contribution in [0.2, 0.25) is 0 Å². The Labute approximate surface area is 153 Å². The van der Waals surface area contributed by atoms with Gasteiger partial charge in [-0.25, -0.2) is 4.98 Å². The Hall–Kier alpha value is -2.38. The van der Waals surface area contributed by atoms with Crippen molar-refractivity contribution < 1.29 is 14.4 Å². The van der Waals surface area contributed by atoms with E-state index in [0.29, 0.717) is 19.5 Å². The maximum atomic E-state index is 12.7. The number of imidazole rings is 1. The Bertz CT molecular complexity index is 658. The van der Waals surface area contributed by atoms with Crippen molar-refractivity contribution in [2.24, 2.45) is 5.92 Å². The first kappa shape index (κ1) is 18.4. The van der Waals surface area contributed by atoms with E-state index in [1.165, 1.54) is 4.90 Å². The first-order valence-electron chi connectivity index (χ1n) is 9.20. The minimum atomic E-state index is -0.179. The molecule has 2 unspecified atom stereocenters. The van der Waals surface area contributed by atoms with Crippen LogP contribution in [-0.2, 0) is 20.9 Å². The van der Waals surface area contributed by atoms with E-state index in [0.717, 1.165) is 25.8 Å². The zero-order chi connectivity index (χ0) is 18.7. The number of piperidine rings is 1. The molecule has 26 heavy (non-hydrogen) atoms. The van der Waals surface area contributed by atoms with Crippen molar-refractivity contribution in [2.45, 2.75) is 38.3 Å². The summed E-state index contributed by atoms with van der Waals surface area (Å²) >= 11 is 0. The zero-order valence-electron chi connectivity index (χ0n) is 15.5. The molecule has 8 heteroatoms. The van der Waals surface area contributed by atoms with Gasteiger partial charge in [0.1, 0.15) is 6.54 Å². The maximum absolute atomic E-state index is 12.7. The van der Waals surface area contributed by atoms with Crippen molar-refractivity contribution in [3.05, 3.63) is 18.7 Å². The van der Waals surface area contributed by atoms with Crippen molar-refractivity contribution >= 4 is 17.7 Å². The number of fused-ring (bicyclic) bond motifs is 4. The molecule has 3 saturated heterocycles. The molecule has 1 aromatic rings. The highest BCUT2D eigenvalue weighted by molar-refractivity contribution is 5.87. The third-order valence-electron chi connectivity index (χ3n) is 5.32. The highest BCUT2D eigenvalue weighted by Crippen LogP contribution is 2.29. The van der Waals surface area contributed by atoms with Crippen LogP contribution in [0.1, 0.15) is 25.7 Å². The molecule has 4 heterocycles. The van der Waals surface area contributed by atoms with Crippen molar-refractivity contribution in [3.8, 4) is 0 Å². The number of amides is 3. The highest BCUT2D eigenvalue weighted by Gasteiger charge is 2.42. The van der Waals surface area contributed by atoms with E-state index < -0.39 is 0 Å². The Balaban J connectivity index is 1.58. The molecule has 142 valence electrons. The van der Waals surface area contributed by atoms with Crippen LogP contribution >= 0.6 is 0 Å². The van der Waals surface area contributed by atoms with Crippen LogP contribution in [0.5, 0.6) is 0 Å². The summed E-state index contributed by atoms with van der Waals surface area (Å²) < 4.78 is 1.96. The molecule has 4 rings (SSSR count). The van der Waals surface area contributed by atoms with Crippen molar-refractivity contribution in [3.63, 3.8) is 0 Å². The second-order valence-corrected chi connectivity index (χ2v) is 7.39. The summed E-state index contributed by atoms with van der Waals surface area (Å²) in [6.07, 6.45) is 8.22. The third kappa shape index (κ3) is 4.05. The molecule has 0 saturated carbocycles. The fraction of sp³-hybridized carbons (Fsp3) is 0.667. The summed E-state index contributed by atoms with van der Waals surface area (Å²) in [5.74, 6) is -0.147. The van der Waals surface area contributed by atoms with Gasteiger partial charge in [0.2, 0.25) is 17.7 Å². The molecule has 0 aromatic carbocycles. The predicted molar refractivity (Wildman–Crippen MR) is 95.0 cm³/mol. The maximum Gasteiger partial charge on any atom is 0.241 e. The van der Waals surface area contributed by atoms with Crippen molar-refractivity contribution in [1.29, 1.82) is 0 Å². The smallest absolute Gasteiger partial charge is 0.241 e. The van der Waals surface area contributed by atoms with Crippen LogP contribution in [0.4, 0.5) is 0 Å². The van der Waals surface area contributed by atoms with Gasteiger partial charge < -0.3 is 19.3 Å². The second kappa shape index (κ2) is 7.88. The van der Waals surface area contributed by atoms with Gasteiger partial charge in [-0.15, -0.1) is 0 Å². The van der Waals surface area contributed by atoms with E-state index in [1.807, 2.05) is 15.7 Å². The molecule has 0 aliphatic carbocycles. The van der Waals surface area contributed by atoms with Gasteiger partial charge in [0.05, 0.1) is 12.2 Å². The standard InChI is InChI=1S/C18H27N5O3/c1-20(2)17(25)12-23-15-6-5-14(18(23)26)10-22(11-15)16(24)4-3-8-21-9-7-19-13-21/h7,9,13-15H,3-6,8,10-12H2,1-2H3. The SMILES string of the molecule is CN(C)C(=O)CN1C(=O)C2CCC1CN(C(=O)CCCn1ccnc1)C2. The molecule has 8 nitrogen and oxygen atoms in total. The Morgan fingerprint density at radius 1 is 1.27 bits per heavy atom. The molecule has 0 radical (unpaired) electrons. The number of aryl methyl sites for hydroxylation is 1. The van der Waals surface area contributed by atoms with Crippen molar-refractivity contribution in [2.75, 3.05) is 33.7 Å². The summed E-state index contributed by atoms with van der Waals surface area (Å²) in [4.78, 5) is 46.4. The molecule has 0 spiro atoms. The largest absolute Gasteiger partial charge is 0.347 e. The first-order chi connectivity index (χ1) is 12.5. The van der Waals surface area contributed by atoms with Gasteiger partial charge in [0.25, 0.3) is 0 Å². The number of hydrogen-bond donors (Lipinski definition) is 0. The lowest BCUT2D eigenvalue weighted by molar-refractivity contribution is -0.145. The van der Waals surface area contributed by atoms with Gasteiger partial charge in [-0.3, -0.25) is 14.4 Å². The Kier molecular flexibility index (Phi) is 5.58. The van der Waals surface area contributed by atoms with E-state index >= 15 is 0 Å².